The monoisotopic (exact) mass is 320 g/mol. The fourth-order valence-corrected chi connectivity index (χ4v) is 3.48. The number of aromatic nitrogens is 2. The van der Waals surface area contributed by atoms with Gasteiger partial charge in [-0.15, -0.1) is 11.3 Å². The van der Waals surface area contributed by atoms with E-state index >= 15 is 0 Å². The molecule has 1 N–H and O–H groups in total. The number of hydrogen-bond donors (Lipinski definition) is 1. The van der Waals surface area contributed by atoms with Gasteiger partial charge in [0.2, 0.25) is 0 Å². The zero-order valence-electron chi connectivity index (χ0n) is 9.53. The Balaban J connectivity index is 2.26. The predicted molar refractivity (Wildman–Crippen MR) is 78.1 cm³/mol. The molecule has 2 heterocycles. The van der Waals surface area contributed by atoms with E-state index in [1.54, 1.807) is 0 Å². The molecule has 0 saturated carbocycles. The first-order valence-electron chi connectivity index (χ1n) is 5.39. The molecular formula is C13H9BrN2OS. The van der Waals surface area contributed by atoms with Crippen molar-refractivity contribution in [2.75, 3.05) is 0 Å². The van der Waals surface area contributed by atoms with Crippen LogP contribution in [-0.2, 0) is 0 Å². The van der Waals surface area contributed by atoms with E-state index in [0.717, 1.165) is 20.4 Å². The minimum absolute atomic E-state index is 0.0778. The van der Waals surface area contributed by atoms with Crippen LogP contribution in [0.1, 0.15) is 5.56 Å². The van der Waals surface area contributed by atoms with Crippen LogP contribution in [-0.4, -0.2) is 9.97 Å². The highest BCUT2D eigenvalue weighted by Crippen LogP contribution is 2.33. The van der Waals surface area contributed by atoms with Gasteiger partial charge >= 0.3 is 0 Å². The summed E-state index contributed by atoms with van der Waals surface area (Å²) in [6.45, 7) is 2.06. The maximum absolute atomic E-state index is 11.7. The molecule has 3 nitrogen and oxygen atoms in total. The molecule has 0 unspecified atom stereocenters. The summed E-state index contributed by atoms with van der Waals surface area (Å²) < 4.78 is 1.73. The van der Waals surface area contributed by atoms with Crippen molar-refractivity contribution >= 4 is 37.5 Å². The Labute approximate surface area is 116 Å². The molecule has 0 atom stereocenters. The SMILES string of the molecule is Cc1cc(Br)ccc1-c1cc2nc[nH]c(=O)c2s1. The molecule has 3 aromatic rings. The van der Waals surface area contributed by atoms with Gasteiger partial charge in [-0.25, -0.2) is 4.98 Å². The number of nitrogens with one attached hydrogen (secondary N) is 1. The molecule has 0 aliphatic rings. The third-order valence-corrected chi connectivity index (χ3v) is 4.42. The van der Waals surface area contributed by atoms with E-state index < -0.39 is 0 Å². The summed E-state index contributed by atoms with van der Waals surface area (Å²) in [6, 6.07) is 8.09. The van der Waals surface area contributed by atoms with Crippen molar-refractivity contribution < 1.29 is 0 Å². The van der Waals surface area contributed by atoms with Crippen molar-refractivity contribution in [3.63, 3.8) is 0 Å². The van der Waals surface area contributed by atoms with Crippen LogP contribution < -0.4 is 5.56 Å². The maximum atomic E-state index is 11.7. The topological polar surface area (TPSA) is 45.8 Å². The smallest absolute Gasteiger partial charge is 0.268 e. The normalized spacial score (nSPS) is 11.0. The molecule has 18 heavy (non-hydrogen) atoms. The Morgan fingerprint density at radius 3 is 2.89 bits per heavy atom. The Morgan fingerprint density at radius 2 is 2.17 bits per heavy atom. The third kappa shape index (κ3) is 1.89. The van der Waals surface area contributed by atoms with Crippen molar-refractivity contribution in [1.29, 1.82) is 0 Å². The molecule has 2 aromatic heterocycles. The number of thiophene rings is 1. The van der Waals surface area contributed by atoms with Crippen LogP contribution in [0.5, 0.6) is 0 Å². The van der Waals surface area contributed by atoms with Crippen molar-refractivity contribution in [1.82, 2.24) is 9.97 Å². The van der Waals surface area contributed by atoms with E-state index in [0.29, 0.717) is 4.70 Å². The number of hydrogen-bond acceptors (Lipinski definition) is 3. The lowest BCUT2D eigenvalue weighted by Crippen LogP contribution is -2.02. The lowest BCUT2D eigenvalue weighted by molar-refractivity contribution is 1.18. The van der Waals surface area contributed by atoms with Gasteiger partial charge in [0.25, 0.3) is 5.56 Å². The van der Waals surface area contributed by atoms with Gasteiger partial charge in [-0.1, -0.05) is 22.0 Å². The standard InChI is InChI=1S/C13H9BrN2OS/c1-7-4-8(14)2-3-9(7)11-5-10-12(18-11)13(17)16-6-15-10/h2-6H,1H3,(H,15,16,17). The number of rotatable bonds is 1. The van der Waals surface area contributed by atoms with Gasteiger partial charge in [-0.2, -0.15) is 0 Å². The number of aryl methyl sites for hydroxylation is 1. The summed E-state index contributed by atoms with van der Waals surface area (Å²) >= 11 is 4.93. The zero-order valence-corrected chi connectivity index (χ0v) is 11.9. The largest absolute Gasteiger partial charge is 0.312 e. The molecule has 0 aliphatic heterocycles. The van der Waals surface area contributed by atoms with Crippen molar-refractivity contribution in [2.24, 2.45) is 0 Å². The molecule has 0 fully saturated rings. The van der Waals surface area contributed by atoms with Crippen LogP contribution >= 0.6 is 27.3 Å². The summed E-state index contributed by atoms with van der Waals surface area (Å²) in [5.74, 6) is 0. The molecule has 3 rings (SSSR count). The average Bonchev–Trinajstić information content (AvgIpc) is 2.74. The van der Waals surface area contributed by atoms with E-state index in [9.17, 15) is 4.79 Å². The predicted octanol–water partition coefficient (Wildman–Crippen LogP) is 3.72. The number of halogens is 1. The van der Waals surface area contributed by atoms with E-state index in [1.807, 2.05) is 12.1 Å². The summed E-state index contributed by atoms with van der Waals surface area (Å²) in [4.78, 5) is 19.5. The molecule has 0 bridgehead atoms. The Kier molecular flexibility index (Phi) is 2.80. The van der Waals surface area contributed by atoms with E-state index in [1.165, 1.54) is 23.2 Å². The van der Waals surface area contributed by atoms with Crippen molar-refractivity contribution in [2.45, 2.75) is 6.92 Å². The highest BCUT2D eigenvalue weighted by atomic mass is 79.9. The highest BCUT2D eigenvalue weighted by molar-refractivity contribution is 9.10. The molecule has 5 heteroatoms. The van der Waals surface area contributed by atoms with Gasteiger partial charge in [-0.3, -0.25) is 4.79 Å². The first-order valence-corrected chi connectivity index (χ1v) is 7.00. The summed E-state index contributed by atoms with van der Waals surface area (Å²) in [5.41, 5.74) is 2.99. The molecule has 0 radical (unpaired) electrons. The third-order valence-electron chi connectivity index (χ3n) is 2.77. The first kappa shape index (κ1) is 11.6. The maximum Gasteiger partial charge on any atom is 0.268 e. The minimum Gasteiger partial charge on any atom is -0.312 e. The summed E-state index contributed by atoms with van der Waals surface area (Å²) in [7, 11) is 0. The lowest BCUT2D eigenvalue weighted by Gasteiger charge is -2.02. The van der Waals surface area contributed by atoms with Gasteiger partial charge in [0.05, 0.1) is 11.8 Å². The molecule has 0 spiro atoms. The van der Waals surface area contributed by atoms with Crippen LogP contribution in [0.2, 0.25) is 0 Å². The number of nitrogens with zero attached hydrogens (tertiary/aromatic N) is 1. The minimum atomic E-state index is -0.0778. The first-order chi connectivity index (χ1) is 8.65. The van der Waals surface area contributed by atoms with E-state index in [-0.39, 0.29) is 5.56 Å². The summed E-state index contributed by atoms with van der Waals surface area (Å²) in [6.07, 6.45) is 1.44. The van der Waals surface area contributed by atoms with Crippen LogP contribution in [0, 0.1) is 6.92 Å². The quantitative estimate of drug-likeness (QED) is 0.742. The fraction of sp³-hybridized carbons (Fsp3) is 0.0769. The second-order valence-corrected chi connectivity index (χ2v) is 5.98. The van der Waals surface area contributed by atoms with Gasteiger partial charge in [0.1, 0.15) is 4.70 Å². The molecule has 0 saturated heterocycles. The second-order valence-electron chi connectivity index (χ2n) is 4.02. The van der Waals surface area contributed by atoms with Crippen molar-refractivity contribution in [3.05, 3.63) is 51.0 Å². The Hall–Kier alpha value is -1.46. The number of benzene rings is 1. The van der Waals surface area contributed by atoms with Crippen LogP contribution in [0.25, 0.3) is 20.7 Å². The van der Waals surface area contributed by atoms with Gasteiger partial charge in [0, 0.05) is 9.35 Å². The van der Waals surface area contributed by atoms with Crippen LogP contribution in [0.3, 0.4) is 0 Å². The average molecular weight is 321 g/mol. The second kappa shape index (κ2) is 4.33. The molecular weight excluding hydrogens is 312 g/mol. The van der Waals surface area contributed by atoms with Gasteiger partial charge in [0.15, 0.2) is 0 Å². The Morgan fingerprint density at radius 1 is 1.33 bits per heavy atom. The Bertz CT molecular complexity index is 791. The number of H-pyrrole nitrogens is 1. The highest BCUT2D eigenvalue weighted by Gasteiger charge is 2.09. The molecule has 0 amide bonds. The number of fused-ring (bicyclic) bond motifs is 1. The summed E-state index contributed by atoms with van der Waals surface area (Å²) in [5, 5.41) is 0. The van der Waals surface area contributed by atoms with E-state index in [4.69, 9.17) is 0 Å². The molecule has 1 aromatic carbocycles. The van der Waals surface area contributed by atoms with Crippen LogP contribution in [0.15, 0.2) is 39.9 Å². The lowest BCUT2D eigenvalue weighted by atomic mass is 10.1. The molecule has 0 aliphatic carbocycles. The zero-order chi connectivity index (χ0) is 12.7. The van der Waals surface area contributed by atoms with Crippen LogP contribution in [0.4, 0.5) is 0 Å². The molecule has 90 valence electrons. The van der Waals surface area contributed by atoms with Gasteiger partial charge < -0.3 is 4.98 Å². The fourth-order valence-electron chi connectivity index (χ4n) is 1.90. The van der Waals surface area contributed by atoms with Crippen molar-refractivity contribution in [3.8, 4) is 10.4 Å². The van der Waals surface area contributed by atoms with Gasteiger partial charge in [-0.05, 0) is 36.2 Å². The number of aromatic amines is 1. The van der Waals surface area contributed by atoms with E-state index in [2.05, 4.69) is 45.0 Å².